The summed E-state index contributed by atoms with van der Waals surface area (Å²) in [5, 5.41) is 3.64. The third kappa shape index (κ3) is 4.53. The standard InChI is InChI=1S/C23H29N3O3/c1-3-28-22-11-17(6-9-21(22)29-15-16-5-4-10-24-14-16)23(27)26(2)20-12-18-7-8-19(13-20)25-18/h4-6,9-11,14,18-20,25H,3,7-8,12-13,15H2,1-2H3. The van der Waals surface area contributed by atoms with Crippen LogP contribution in [0, 0.1) is 0 Å². The van der Waals surface area contributed by atoms with Gasteiger partial charge in [-0.25, -0.2) is 0 Å². The maximum Gasteiger partial charge on any atom is 0.253 e. The summed E-state index contributed by atoms with van der Waals surface area (Å²) < 4.78 is 11.7. The number of hydrogen-bond acceptors (Lipinski definition) is 5. The quantitative estimate of drug-likeness (QED) is 0.778. The van der Waals surface area contributed by atoms with Crippen molar-refractivity contribution in [1.82, 2.24) is 15.2 Å². The van der Waals surface area contributed by atoms with Crippen LogP contribution < -0.4 is 14.8 Å². The van der Waals surface area contributed by atoms with Crippen LogP contribution in [0.25, 0.3) is 0 Å². The monoisotopic (exact) mass is 395 g/mol. The van der Waals surface area contributed by atoms with E-state index < -0.39 is 0 Å². The molecule has 4 rings (SSSR count). The van der Waals surface area contributed by atoms with Gasteiger partial charge in [-0.2, -0.15) is 0 Å². The molecule has 2 saturated heterocycles. The van der Waals surface area contributed by atoms with Gasteiger partial charge in [-0.1, -0.05) is 6.07 Å². The molecule has 6 nitrogen and oxygen atoms in total. The number of carbonyl (C=O) groups excluding carboxylic acids is 1. The van der Waals surface area contributed by atoms with Crippen molar-refractivity contribution in [3.8, 4) is 11.5 Å². The average Bonchev–Trinajstić information content (AvgIpc) is 3.10. The van der Waals surface area contributed by atoms with Crippen LogP contribution in [0.2, 0.25) is 0 Å². The van der Waals surface area contributed by atoms with Gasteiger partial charge in [-0.05, 0) is 56.9 Å². The van der Waals surface area contributed by atoms with E-state index in [9.17, 15) is 4.79 Å². The van der Waals surface area contributed by atoms with Gasteiger partial charge in [0.05, 0.1) is 6.61 Å². The van der Waals surface area contributed by atoms with E-state index in [0.717, 1.165) is 18.4 Å². The highest BCUT2D eigenvalue weighted by Crippen LogP contribution is 2.32. The van der Waals surface area contributed by atoms with Gasteiger partial charge in [0.15, 0.2) is 11.5 Å². The molecule has 0 spiro atoms. The predicted octanol–water partition coefficient (Wildman–Crippen LogP) is 3.41. The zero-order valence-corrected chi connectivity index (χ0v) is 17.1. The molecule has 3 heterocycles. The zero-order chi connectivity index (χ0) is 20.2. The van der Waals surface area contributed by atoms with Crippen molar-refractivity contribution in [3.05, 3.63) is 53.9 Å². The molecule has 0 radical (unpaired) electrons. The molecule has 1 amide bonds. The number of pyridine rings is 1. The van der Waals surface area contributed by atoms with E-state index >= 15 is 0 Å². The lowest BCUT2D eigenvalue weighted by Gasteiger charge is -2.35. The van der Waals surface area contributed by atoms with Gasteiger partial charge in [-0.3, -0.25) is 9.78 Å². The minimum Gasteiger partial charge on any atom is -0.490 e. The van der Waals surface area contributed by atoms with Gasteiger partial charge in [0.25, 0.3) is 5.91 Å². The highest BCUT2D eigenvalue weighted by molar-refractivity contribution is 5.95. The van der Waals surface area contributed by atoms with Crippen LogP contribution in [-0.4, -0.2) is 47.6 Å². The molecule has 2 atom stereocenters. The Morgan fingerprint density at radius 2 is 1.97 bits per heavy atom. The third-order valence-electron chi connectivity index (χ3n) is 5.92. The lowest BCUT2D eigenvalue weighted by Crippen LogP contribution is -2.48. The van der Waals surface area contributed by atoms with Crippen LogP contribution in [0.1, 0.15) is 48.5 Å². The summed E-state index contributed by atoms with van der Waals surface area (Å²) in [5.74, 6) is 1.27. The highest BCUT2D eigenvalue weighted by atomic mass is 16.5. The Hall–Kier alpha value is -2.60. The second-order valence-corrected chi connectivity index (χ2v) is 7.92. The molecular formula is C23H29N3O3. The van der Waals surface area contributed by atoms with E-state index in [1.807, 2.05) is 43.1 Å². The Balaban J connectivity index is 1.46. The largest absolute Gasteiger partial charge is 0.490 e. The fourth-order valence-electron chi connectivity index (χ4n) is 4.39. The zero-order valence-electron chi connectivity index (χ0n) is 17.1. The number of fused-ring (bicyclic) bond motifs is 2. The maximum absolute atomic E-state index is 13.1. The van der Waals surface area contributed by atoms with Crippen molar-refractivity contribution in [1.29, 1.82) is 0 Å². The minimum absolute atomic E-state index is 0.0380. The number of hydrogen-bond donors (Lipinski definition) is 1. The summed E-state index contributed by atoms with van der Waals surface area (Å²) in [6, 6.07) is 10.7. The topological polar surface area (TPSA) is 63.7 Å². The van der Waals surface area contributed by atoms with Gasteiger partial charge in [0.2, 0.25) is 0 Å². The molecule has 2 bridgehead atoms. The molecule has 6 heteroatoms. The SMILES string of the molecule is CCOc1cc(C(=O)N(C)C2CC3CCC(C2)N3)ccc1OCc1cccnc1. The number of rotatable bonds is 7. The van der Waals surface area contributed by atoms with E-state index in [0.29, 0.717) is 48.4 Å². The highest BCUT2D eigenvalue weighted by Gasteiger charge is 2.36. The number of piperidine rings is 1. The second-order valence-electron chi connectivity index (χ2n) is 7.92. The maximum atomic E-state index is 13.1. The van der Waals surface area contributed by atoms with E-state index in [1.54, 1.807) is 18.5 Å². The summed E-state index contributed by atoms with van der Waals surface area (Å²) >= 11 is 0. The average molecular weight is 396 g/mol. The van der Waals surface area contributed by atoms with Crippen LogP contribution in [0.15, 0.2) is 42.7 Å². The normalized spacial score (nSPS) is 22.9. The van der Waals surface area contributed by atoms with Crippen molar-refractivity contribution < 1.29 is 14.3 Å². The molecule has 0 aliphatic carbocycles. The first-order valence-electron chi connectivity index (χ1n) is 10.5. The van der Waals surface area contributed by atoms with E-state index in [1.165, 1.54) is 12.8 Å². The van der Waals surface area contributed by atoms with Crippen molar-refractivity contribution >= 4 is 5.91 Å². The van der Waals surface area contributed by atoms with Gasteiger partial charge in [-0.15, -0.1) is 0 Å². The van der Waals surface area contributed by atoms with Crippen LogP contribution >= 0.6 is 0 Å². The minimum atomic E-state index is 0.0380. The number of aromatic nitrogens is 1. The molecule has 29 heavy (non-hydrogen) atoms. The van der Waals surface area contributed by atoms with Crippen molar-refractivity contribution in [3.63, 3.8) is 0 Å². The van der Waals surface area contributed by atoms with E-state index in [4.69, 9.17) is 9.47 Å². The molecule has 2 aliphatic rings. The molecule has 154 valence electrons. The molecule has 2 aliphatic heterocycles. The van der Waals surface area contributed by atoms with Gasteiger partial charge in [0, 0.05) is 48.7 Å². The van der Waals surface area contributed by atoms with Crippen LogP contribution in [0.5, 0.6) is 11.5 Å². The van der Waals surface area contributed by atoms with Gasteiger partial charge < -0.3 is 19.7 Å². The third-order valence-corrected chi connectivity index (χ3v) is 5.92. The summed E-state index contributed by atoms with van der Waals surface area (Å²) in [6.07, 6.45) is 8.02. The van der Waals surface area contributed by atoms with E-state index in [2.05, 4.69) is 10.3 Å². The number of nitrogens with zero attached hydrogens (tertiary/aromatic N) is 2. The number of amides is 1. The number of benzene rings is 1. The first-order chi connectivity index (χ1) is 14.1. The van der Waals surface area contributed by atoms with Crippen molar-refractivity contribution in [2.75, 3.05) is 13.7 Å². The molecule has 0 saturated carbocycles. The molecule has 1 aromatic heterocycles. The smallest absolute Gasteiger partial charge is 0.253 e. The first-order valence-corrected chi connectivity index (χ1v) is 10.5. The van der Waals surface area contributed by atoms with Crippen LogP contribution in [0.4, 0.5) is 0 Å². The Kier molecular flexibility index (Phi) is 6.00. The molecule has 1 N–H and O–H groups in total. The predicted molar refractivity (Wildman–Crippen MR) is 111 cm³/mol. The van der Waals surface area contributed by atoms with Crippen molar-refractivity contribution in [2.45, 2.75) is 57.3 Å². The summed E-state index contributed by atoms with van der Waals surface area (Å²) in [4.78, 5) is 19.1. The number of ether oxygens (including phenoxy) is 2. The van der Waals surface area contributed by atoms with Crippen LogP contribution in [-0.2, 0) is 6.61 Å². The lowest BCUT2D eigenvalue weighted by atomic mass is 9.98. The molecular weight excluding hydrogens is 366 g/mol. The second kappa shape index (κ2) is 8.82. The Bertz CT molecular complexity index is 831. The molecule has 2 fully saturated rings. The summed E-state index contributed by atoms with van der Waals surface area (Å²) in [7, 11) is 1.92. The fraction of sp³-hybridized carbons (Fsp3) is 0.478. The Labute approximate surface area is 172 Å². The lowest BCUT2D eigenvalue weighted by molar-refractivity contribution is 0.0681. The fourth-order valence-corrected chi connectivity index (χ4v) is 4.39. The van der Waals surface area contributed by atoms with Crippen molar-refractivity contribution in [2.24, 2.45) is 0 Å². The Morgan fingerprint density at radius 3 is 2.66 bits per heavy atom. The summed E-state index contributed by atoms with van der Waals surface area (Å²) in [5.41, 5.74) is 1.62. The molecule has 2 unspecified atom stereocenters. The van der Waals surface area contributed by atoms with E-state index in [-0.39, 0.29) is 5.91 Å². The first kappa shape index (κ1) is 19.7. The van der Waals surface area contributed by atoms with Gasteiger partial charge >= 0.3 is 0 Å². The Morgan fingerprint density at radius 1 is 1.17 bits per heavy atom. The van der Waals surface area contributed by atoms with Gasteiger partial charge in [0.1, 0.15) is 6.61 Å². The summed E-state index contributed by atoms with van der Waals surface area (Å²) in [6.45, 7) is 2.84. The molecule has 2 aromatic rings. The number of carbonyl (C=O) groups is 1. The number of nitrogens with one attached hydrogen (secondary N) is 1. The molecule has 1 aromatic carbocycles. The van der Waals surface area contributed by atoms with Crippen LogP contribution in [0.3, 0.4) is 0 Å².